The van der Waals surface area contributed by atoms with Crippen molar-refractivity contribution in [3.05, 3.63) is 113 Å². The van der Waals surface area contributed by atoms with Crippen molar-refractivity contribution < 1.29 is 9.47 Å². The average Bonchev–Trinajstić information content (AvgIpc) is 3.73. The number of unbranched alkanes of at least 4 members (excludes halogenated alkanes) is 1. The van der Waals surface area contributed by atoms with Crippen molar-refractivity contribution >= 4 is 11.2 Å². The summed E-state index contributed by atoms with van der Waals surface area (Å²) >= 11 is 0. The number of ether oxygens (including phenoxy) is 2. The standard InChI is InChI=1S/C35H37N7O2/c1-4-5-15-31-36-30-22-27(21-16-24-11-7-6-8-12-24)32(35(43-2)44-3)37-34(30)42(31)23-25-17-19-26(20-18-25)28-13-9-10-14-29(28)33-38-40-41-39-33/h6-14,17-20,22,35H,4-5,15-16,21,23H2,1-3H3,(H,38,39,40,41). The highest BCUT2D eigenvalue weighted by atomic mass is 16.7. The van der Waals surface area contributed by atoms with Gasteiger partial charge in [-0.3, -0.25) is 0 Å². The van der Waals surface area contributed by atoms with Gasteiger partial charge in [0, 0.05) is 26.2 Å². The predicted molar refractivity (Wildman–Crippen MR) is 171 cm³/mol. The van der Waals surface area contributed by atoms with E-state index in [-0.39, 0.29) is 0 Å². The van der Waals surface area contributed by atoms with Gasteiger partial charge in [0.1, 0.15) is 17.0 Å². The lowest BCUT2D eigenvalue weighted by molar-refractivity contribution is -0.109. The van der Waals surface area contributed by atoms with Crippen molar-refractivity contribution in [3.63, 3.8) is 0 Å². The Morgan fingerprint density at radius 3 is 2.25 bits per heavy atom. The second-order valence-corrected chi connectivity index (χ2v) is 10.9. The number of nitrogens with zero attached hydrogens (tertiary/aromatic N) is 6. The van der Waals surface area contributed by atoms with E-state index in [2.05, 4.69) is 92.8 Å². The van der Waals surface area contributed by atoms with Crippen molar-refractivity contribution in [2.45, 2.75) is 51.9 Å². The van der Waals surface area contributed by atoms with Gasteiger partial charge in [-0.1, -0.05) is 92.2 Å². The number of fused-ring (bicyclic) bond motifs is 1. The molecule has 3 heterocycles. The molecule has 44 heavy (non-hydrogen) atoms. The molecule has 3 aromatic heterocycles. The monoisotopic (exact) mass is 587 g/mol. The maximum Gasteiger partial charge on any atom is 0.205 e. The summed E-state index contributed by atoms with van der Waals surface area (Å²) < 4.78 is 13.7. The molecule has 0 saturated heterocycles. The molecule has 0 unspecified atom stereocenters. The summed E-state index contributed by atoms with van der Waals surface area (Å²) in [5.74, 6) is 1.61. The Labute approximate surface area is 257 Å². The van der Waals surface area contributed by atoms with Gasteiger partial charge in [0.05, 0.1) is 6.54 Å². The molecule has 224 valence electrons. The third-order valence-electron chi connectivity index (χ3n) is 7.96. The summed E-state index contributed by atoms with van der Waals surface area (Å²) in [7, 11) is 3.31. The van der Waals surface area contributed by atoms with Crippen molar-refractivity contribution in [2.24, 2.45) is 0 Å². The molecule has 0 aliphatic heterocycles. The van der Waals surface area contributed by atoms with Crippen molar-refractivity contribution in [1.29, 1.82) is 0 Å². The highest BCUT2D eigenvalue weighted by molar-refractivity contribution is 5.80. The van der Waals surface area contributed by atoms with Crippen molar-refractivity contribution in [1.82, 2.24) is 35.2 Å². The van der Waals surface area contributed by atoms with E-state index >= 15 is 0 Å². The van der Waals surface area contributed by atoms with E-state index in [1.165, 1.54) is 5.56 Å². The lowest BCUT2D eigenvalue weighted by atomic mass is 9.98. The molecule has 0 bridgehead atoms. The number of tetrazole rings is 1. The third-order valence-corrected chi connectivity index (χ3v) is 7.96. The van der Waals surface area contributed by atoms with Crippen LogP contribution in [0, 0.1) is 0 Å². The van der Waals surface area contributed by atoms with Gasteiger partial charge in [0.2, 0.25) is 12.1 Å². The van der Waals surface area contributed by atoms with Crippen LogP contribution in [0.25, 0.3) is 33.7 Å². The third kappa shape index (κ3) is 6.29. The molecule has 0 saturated carbocycles. The molecule has 9 nitrogen and oxygen atoms in total. The first-order valence-corrected chi connectivity index (χ1v) is 15.1. The Hall–Kier alpha value is -4.73. The fourth-order valence-corrected chi connectivity index (χ4v) is 5.67. The van der Waals surface area contributed by atoms with Crippen LogP contribution >= 0.6 is 0 Å². The van der Waals surface area contributed by atoms with E-state index in [0.29, 0.717) is 12.4 Å². The zero-order chi connectivity index (χ0) is 30.3. The molecule has 0 fully saturated rings. The number of methoxy groups -OCH3 is 2. The van der Waals surface area contributed by atoms with Crippen LogP contribution in [0.3, 0.4) is 0 Å². The minimum atomic E-state index is -0.564. The Kier molecular flexibility index (Phi) is 9.14. The van der Waals surface area contributed by atoms with E-state index < -0.39 is 6.29 Å². The number of rotatable bonds is 13. The molecule has 6 aromatic rings. The zero-order valence-corrected chi connectivity index (χ0v) is 25.4. The first kappa shape index (κ1) is 29.3. The fraction of sp³-hybridized carbons (Fsp3) is 0.286. The van der Waals surface area contributed by atoms with E-state index in [9.17, 15) is 0 Å². The normalized spacial score (nSPS) is 11.5. The summed E-state index contributed by atoms with van der Waals surface area (Å²) in [4.78, 5) is 10.3. The van der Waals surface area contributed by atoms with Gasteiger partial charge in [-0.25, -0.2) is 9.97 Å². The number of benzene rings is 3. The van der Waals surface area contributed by atoms with Crippen LogP contribution in [0.1, 0.15) is 54.3 Å². The summed E-state index contributed by atoms with van der Waals surface area (Å²) in [6, 6.07) is 29.4. The second kappa shape index (κ2) is 13.7. The number of nitrogens with one attached hydrogen (secondary N) is 1. The Morgan fingerprint density at radius 1 is 0.795 bits per heavy atom. The van der Waals surface area contributed by atoms with Gasteiger partial charge in [0.25, 0.3) is 0 Å². The first-order chi connectivity index (χ1) is 21.7. The maximum absolute atomic E-state index is 5.72. The summed E-state index contributed by atoms with van der Waals surface area (Å²) in [5, 5.41) is 14.7. The molecule has 0 spiro atoms. The largest absolute Gasteiger partial charge is 0.350 e. The summed E-state index contributed by atoms with van der Waals surface area (Å²) in [5.41, 5.74) is 9.15. The minimum absolute atomic E-state index is 0.564. The average molecular weight is 588 g/mol. The van der Waals surface area contributed by atoms with E-state index in [1.54, 1.807) is 14.2 Å². The van der Waals surface area contributed by atoms with Crippen LogP contribution in [0.15, 0.2) is 84.9 Å². The number of aryl methyl sites for hydroxylation is 3. The topological polar surface area (TPSA) is 104 Å². The number of hydrogen-bond donors (Lipinski definition) is 1. The smallest absolute Gasteiger partial charge is 0.205 e. The number of imidazole rings is 1. The number of pyridine rings is 1. The molecule has 0 radical (unpaired) electrons. The summed E-state index contributed by atoms with van der Waals surface area (Å²) in [6.45, 7) is 2.86. The molecular formula is C35H37N7O2. The van der Waals surface area contributed by atoms with Gasteiger partial charge in [-0.2, -0.15) is 5.21 Å². The quantitative estimate of drug-likeness (QED) is 0.149. The van der Waals surface area contributed by atoms with Crippen LogP contribution in [0.5, 0.6) is 0 Å². The van der Waals surface area contributed by atoms with Crippen LogP contribution in [0.2, 0.25) is 0 Å². The summed E-state index contributed by atoms with van der Waals surface area (Å²) in [6.07, 6.45) is 4.18. The lowest BCUT2D eigenvalue weighted by Gasteiger charge is -2.18. The van der Waals surface area contributed by atoms with Crippen molar-refractivity contribution in [2.75, 3.05) is 14.2 Å². The zero-order valence-electron chi connectivity index (χ0n) is 25.4. The van der Waals surface area contributed by atoms with Crippen LogP contribution in [0.4, 0.5) is 0 Å². The molecule has 0 aliphatic carbocycles. The van der Waals surface area contributed by atoms with Gasteiger partial charge in [-0.05, 0) is 58.4 Å². The predicted octanol–water partition coefficient (Wildman–Crippen LogP) is 6.75. The van der Waals surface area contributed by atoms with Crippen LogP contribution in [-0.4, -0.2) is 49.4 Å². The molecular weight excluding hydrogens is 550 g/mol. The number of hydrogen-bond acceptors (Lipinski definition) is 7. The SMILES string of the molecule is CCCCc1nc2cc(CCc3ccccc3)c(C(OC)OC)nc2n1Cc1ccc(-c2ccccc2-c2nn[nH]n2)cc1. The van der Waals surface area contributed by atoms with E-state index in [1.807, 2.05) is 24.3 Å². The molecule has 6 rings (SSSR count). The second-order valence-electron chi connectivity index (χ2n) is 10.9. The number of aromatic amines is 1. The molecule has 0 amide bonds. The fourth-order valence-electron chi connectivity index (χ4n) is 5.67. The lowest BCUT2D eigenvalue weighted by Crippen LogP contribution is -2.12. The minimum Gasteiger partial charge on any atom is -0.350 e. The van der Waals surface area contributed by atoms with Gasteiger partial charge in [0.15, 0.2) is 5.65 Å². The molecule has 0 aliphatic rings. The molecule has 9 heteroatoms. The number of aromatic nitrogens is 7. The number of H-pyrrole nitrogens is 1. The maximum atomic E-state index is 5.72. The highest BCUT2D eigenvalue weighted by Crippen LogP contribution is 2.31. The Bertz CT molecular complexity index is 1800. The van der Waals surface area contributed by atoms with Gasteiger partial charge in [-0.15, -0.1) is 10.2 Å². The van der Waals surface area contributed by atoms with E-state index in [4.69, 9.17) is 19.4 Å². The van der Waals surface area contributed by atoms with Gasteiger partial charge < -0.3 is 14.0 Å². The van der Waals surface area contributed by atoms with Crippen LogP contribution in [-0.2, 0) is 35.3 Å². The first-order valence-electron chi connectivity index (χ1n) is 15.1. The van der Waals surface area contributed by atoms with Crippen LogP contribution < -0.4 is 0 Å². The van der Waals surface area contributed by atoms with Crippen molar-refractivity contribution in [3.8, 4) is 22.5 Å². The van der Waals surface area contributed by atoms with Gasteiger partial charge >= 0.3 is 0 Å². The van der Waals surface area contributed by atoms with E-state index in [0.717, 1.165) is 82.6 Å². The highest BCUT2D eigenvalue weighted by Gasteiger charge is 2.21. The molecule has 1 N–H and O–H groups in total. The molecule has 0 atom stereocenters. The molecule has 3 aromatic carbocycles. The Balaban J connectivity index is 1.35. The Morgan fingerprint density at radius 2 is 1.55 bits per heavy atom.